The number of halogens is 1. The summed E-state index contributed by atoms with van der Waals surface area (Å²) in [6.45, 7) is 7.67. The number of amides is 1. The first-order valence-electron chi connectivity index (χ1n) is 8.29. The Morgan fingerprint density at radius 1 is 1.39 bits per heavy atom. The third-order valence-electron chi connectivity index (χ3n) is 3.88. The van der Waals surface area contributed by atoms with Gasteiger partial charge in [0.15, 0.2) is 0 Å². The lowest BCUT2D eigenvalue weighted by Crippen LogP contribution is -2.39. The Labute approximate surface area is 143 Å². The molecular formula is C17H26ClN3O2. The Balaban J connectivity index is 0.000000595. The number of carbonyl (C=O) groups excluding carboxylic acids is 1. The molecule has 1 amide bonds. The molecule has 1 fully saturated rings. The van der Waals surface area contributed by atoms with Crippen molar-refractivity contribution >= 4 is 23.2 Å². The summed E-state index contributed by atoms with van der Waals surface area (Å²) >= 11 is 5.98. The molecule has 0 N–H and O–H groups in total. The average Bonchev–Trinajstić information content (AvgIpc) is 2.98. The molecule has 0 aliphatic carbocycles. The Hall–Kier alpha value is -1.17. The summed E-state index contributed by atoms with van der Waals surface area (Å²) in [6, 6.07) is 3.65. The zero-order chi connectivity index (χ0) is 16.8. The minimum absolute atomic E-state index is 0.0260. The fourth-order valence-electron chi connectivity index (χ4n) is 2.73. The van der Waals surface area contributed by atoms with E-state index in [9.17, 15) is 4.79 Å². The monoisotopic (exact) mass is 339 g/mol. The summed E-state index contributed by atoms with van der Waals surface area (Å²) in [5.41, 5.74) is 1.75. The molecule has 3 rings (SSSR count). The number of anilines is 1. The number of fused-ring (bicyclic) bond motifs is 1. The van der Waals surface area contributed by atoms with Gasteiger partial charge in [-0.3, -0.25) is 9.69 Å². The maximum Gasteiger partial charge on any atom is 0.232 e. The summed E-state index contributed by atoms with van der Waals surface area (Å²) < 4.78 is 5.33. The lowest BCUT2D eigenvalue weighted by atomic mass is 10.1. The molecule has 2 aliphatic heterocycles. The van der Waals surface area contributed by atoms with Crippen molar-refractivity contribution in [3.8, 4) is 0 Å². The van der Waals surface area contributed by atoms with Crippen molar-refractivity contribution in [2.24, 2.45) is 5.92 Å². The summed E-state index contributed by atoms with van der Waals surface area (Å²) in [6.07, 6.45) is 2.06. The predicted octanol–water partition coefficient (Wildman–Crippen LogP) is 2.97. The van der Waals surface area contributed by atoms with Crippen LogP contribution in [0.15, 0.2) is 12.1 Å². The maximum atomic E-state index is 12.7. The summed E-state index contributed by atoms with van der Waals surface area (Å²) in [5, 5.41) is 0.468. The van der Waals surface area contributed by atoms with Crippen LogP contribution in [0.4, 0.5) is 5.69 Å². The van der Waals surface area contributed by atoms with Crippen molar-refractivity contribution in [2.45, 2.75) is 33.2 Å². The van der Waals surface area contributed by atoms with Gasteiger partial charge in [-0.05, 0) is 25.6 Å². The maximum absolute atomic E-state index is 12.7. The van der Waals surface area contributed by atoms with E-state index < -0.39 is 0 Å². The fraction of sp³-hybridized carbons (Fsp3) is 0.647. The van der Waals surface area contributed by atoms with E-state index in [0.717, 1.165) is 24.3 Å². The van der Waals surface area contributed by atoms with E-state index >= 15 is 0 Å². The molecule has 128 valence electrons. The average molecular weight is 340 g/mol. The van der Waals surface area contributed by atoms with Gasteiger partial charge in [0.2, 0.25) is 5.91 Å². The van der Waals surface area contributed by atoms with E-state index in [1.165, 1.54) is 6.42 Å². The highest BCUT2D eigenvalue weighted by molar-refractivity contribution is 6.29. The van der Waals surface area contributed by atoms with Gasteiger partial charge in [0.1, 0.15) is 5.15 Å². The van der Waals surface area contributed by atoms with Crippen LogP contribution in [-0.4, -0.2) is 49.1 Å². The van der Waals surface area contributed by atoms with Gasteiger partial charge in [-0.2, -0.15) is 0 Å². The van der Waals surface area contributed by atoms with Crippen LogP contribution in [0, 0.1) is 5.92 Å². The molecule has 2 aliphatic rings. The van der Waals surface area contributed by atoms with E-state index in [1.54, 1.807) is 6.07 Å². The molecular weight excluding hydrogens is 314 g/mol. The standard InChI is InChI=1S/C14H18ClN3O2.C3H8/c1-17-5-6-18(14(19)10-4-7-20-9-10)12-2-3-13(15)16-11(12)8-17;1-3-2/h2-3,10H,4-9H2,1H3;3H2,1-2H3. The van der Waals surface area contributed by atoms with Crippen molar-refractivity contribution in [3.63, 3.8) is 0 Å². The molecule has 1 atom stereocenters. The van der Waals surface area contributed by atoms with Crippen molar-refractivity contribution in [1.82, 2.24) is 9.88 Å². The first-order valence-corrected chi connectivity index (χ1v) is 8.67. The van der Waals surface area contributed by atoms with Crippen LogP contribution in [0.1, 0.15) is 32.4 Å². The van der Waals surface area contributed by atoms with E-state index in [1.807, 2.05) is 18.0 Å². The number of hydrogen-bond donors (Lipinski definition) is 0. The van der Waals surface area contributed by atoms with Crippen molar-refractivity contribution in [3.05, 3.63) is 23.0 Å². The zero-order valence-corrected chi connectivity index (χ0v) is 15.0. The largest absolute Gasteiger partial charge is 0.381 e. The number of pyridine rings is 1. The van der Waals surface area contributed by atoms with Gasteiger partial charge >= 0.3 is 0 Å². The summed E-state index contributed by atoms with van der Waals surface area (Å²) in [5.74, 6) is 0.116. The molecule has 1 aromatic heterocycles. The number of nitrogens with zero attached hydrogens (tertiary/aromatic N) is 3. The third-order valence-corrected chi connectivity index (χ3v) is 4.09. The van der Waals surface area contributed by atoms with Gasteiger partial charge < -0.3 is 9.64 Å². The minimum Gasteiger partial charge on any atom is -0.381 e. The fourth-order valence-corrected chi connectivity index (χ4v) is 2.90. The number of ether oxygens (including phenoxy) is 1. The van der Waals surface area contributed by atoms with Crippen LogP contribution in [0.5, 0.6) is 0 Å². The highest BCUT2D eigenvalue weighted by atomic mass is 35.5. The molecule has 0 aromatic carbocycles. The van der Waals surface area contributed by atoms with Gasteiger partial charge in [0.25, 0.3) is 0 Å². The predicted molar refractivity (Wildman–Crippen MR) is 92.8 cm³/mol. The minimum atomic E-state index is -0.0260. The molecule has 0 spiro atoms. The van der Waals surface area contributed by atoms with Crippen molar-refractivity contribution < 1.29 is 9.53 Å². The number of aromatic nitrogens is 1. The van der Waals surface area contributed by atoms with Crippen LogP contribution in [0.2, 0.25) is 5.15 Å². The Kier molecular flexibility index (Phi) is 6.81. The van der Waals surface area contributed by atoms with E-state index in [-0.39, 0.29) is 11.8 Å². The zero-order valence-electron chi connectivity index (χ0n) is 14.2. The molecule has 6 heteroatoms. The normalized spacial score (nSPS) is 21.2. The van der Waals surface area contributed by atoms with Gasteiger partial charge in [0.05, 0.1) is 23.9 Å². The van der Waals surface area contributed by atoms with Crippen molar-refractivity contribution in [1.29, 1.82) is 0 Å². The molecule has 0 radical (unpaired) electrons. The SMILES string of the molecule is CCC.CN1CCN(C(=O)C2CCOC2)c2ccc(Cl)nc2C1. The Bertz CT molecular complexity index is 533. The van der Waals surface area contributed by atoms with Gasteiger partial charge in [0, 0.05) is 26.2 Å². The van der Waals surface area contributed by atoms with E-state index in [0.29, 0.717) is 31.5 Å². The number of hydrogen-bond acceptors (Lipinski definition) is 4. The molecule has 0 saturated carbocycles. The highest BCUT2D eigenvalue weighted by Gasteiger charge is 2.31. The topological polar surface area (TPSA) is 45.7 Å². The second-order valence-electron chi connectivity index (χ2n) is 6.10. The molecule has 1 unspecified atom stereocenters. The van der Waals surface area contributed by atoms with Gasteiger partial charge in [-0.25, -0.2) is 4.98 Å². The molecule has 23 heavy (non-hydrogen) atoms. The number of carbonyl (C=O) groups is 1. The summed E-state index contributed by atoms with van der Waals surface area (Å²) in [4.78, 5) is 21.1. The van der Waals surface area contributed by atoms with Gasteiger partial charge in [-0.1, -0.05) is 31.9 Å². The Morgan fingerprint density at radius 2 is 2.13 bits per heavy atom. The van der Waals surface area contributed by atoms with Gasteiger partial charge in [-0.15, -0.1) is 0 Å². The van der Waals surface area contributed by atoms with Crippen LogP contribution < -0.4 is 4.90 Å². The summed E-state index contributed by atoms with van der Waals surface area (Å²) in [7, 11) is 2.03. The van der Waals surface area contributed by atoms with E-state index in [4.69, 9.17) is 16.3 Å². The van der Waals surface area contributed by atoms with Crippen LogP contribution in [0.25, 0.3) is 0 Å². The van der Waals surface area contributed by atoms with Crippen LogP contribution >= 0.6 is 11.6 Å². The lowest BCUT2D eigenvalue weighted by molar-refractivity contribution is -0.122. The van der Waals surface area contributed by atoms with E-state index in [2.05, 4.69) is 23.7 Å². The Morgan fingerprint density at radius 3 is 2.78 bits per heavy atom. The number of rotatable bonds is 1. The number of likely N-dealkylation sites (N-methyl/N-ethyl adjacent to an activating group) is 1. The lowest BCUT2D eigenvalue weighted by Gasteiger charge is -2.24. The second kappa shape index (κ2) is 8.62. The smallest absolute Gasteiger partial charge is 0.232 e. The van der Waals surface area contributed by atoms with Crippen molar-refractivity contribution in [2.75, 3.05) is 38.3 Å². The van der Waals surface area contributed by atoms with Crippen LogP contribution in [0.3, 0.4) is 0 Å². The molecule has 1 saturated heterocycles. The molecule has 3 heterocycles. The first kappa shape index (κ1) is 18.2. The highest BCUT2D eigenvalue weighted by Crippen LogP contribution is 2.27. The second-order valence-corrected chi connectivity index (χ2v) is 6.48. The quantitative estimate of drug-likeness (QED) is 0.738. The van der Waals surface area contributed by atoms with Crippen LogP contribution in [-0.2, 0) is 16.1 Å². The molecule has 5 nitrogen and oxygen atoms in total. The molecule has 1 aromatic rings. The first-order chi connectivity index (χ1) is 11.1. The molecule has 0 bridgehead atoms. The third kappa shape index (κ3) is 4.66.